The fraction of sp³-hybridized carbons (Fsp3) is 0.417. The number of thiazole rings is 1. The molecule has 1 aliphatic heterocycles. The summed E-state index contributed by atoms with van der Waals surface area (Å²) < 4.78 is 1.82. The highest BCUT2D eigenvalue weighted by molar-refractivity contribution is 8.14. The third-order valence-electron chi connectivity index (χ3n) is 3.32. The van der Waals surface area contributed by atoms with Gasteiger partial charge in [0, 0.05) is 18.8 Å². The molecule has 0 spiro atoms. The van der Waals surface area contributed by atoms with E-state index in [0.717, 1.165) is 28.2 Å². The van der Waals surface area contributed by atoms with Crippen LogP contribution in [0.1, 0.15) is 21.2 Å². The number of amides is 3. The van der Waals surface area contributed by atoms with Crippen LogP contribution in [0.25, 0.3) is 4.96 Å². The standard InChI is InChI=1S/C12H13N5O3S2/c1-6-9(22-11-15-14-7(2)17(6)11)10(19)13-3-4-16-8(18)5-21-12(16)20/h3-5H2,1-2H3,(H,13,19). The van der Waals surface area contributed by atoms with Gasteiger partial charge in [0.25, 0.3) is 11.1 Å². The van der Waals surface area contributed by atoms with E-state index in [-0.39, 0.29) is 35.9 Å². The second-order valence-corrected chi connectivity index (χ2v) is 6.64. The Bertz CT molecular complexity index is 765. The summed E-state index contributed by atoms with van der Waals surface area (Å²) in [7, 11) is 0. The summed E-state index contributed by atoms with van der Waals surface area (Å²) in [5, 5.41) is 10.4. The van der Waals surface area contributed by atoms with Gasteiger partial charge in [-0.2, -0.15) is 0 Å². The Hall–Kier alpha value is -1.94. The first-order chi connectivity index (χ1) is 10.5. The molecule has 22 heavy (non-hydrogen) atoms. The van der Waals surface area contributed by atoms with Crippen molar-refractivity contribution in [1.29, 1.82) is 0 Å². The highest BCUT2D eigenvalue weighted by Gasteiger charge is 2.29. The summed E-state index contributed by atoms with van der Waals surface area (Å²) >= 11 is 2.25. The van der Waals surface area contributed by atoms with Gasteiger partial charge in [-0.15, -0.1) is 10.2 Å². The predicted molar refractivity (Wildman–Crippen MR) is 82.2 cm³/mol. The first-order valence-corrected chi connectivity index (χ1v) is 8.35. The molecule has 0 saturated carbocycles. The van der Waals surface area contributed by atoms with Crippen molar-refractivity contribution in [3.05, 3.63) is 16.4 Å². The first kappa shape index (κ1) is 15.0. The van der Waals surface area contributed by atoms with Gasteiger partial charge < -0.3 is 5.32 Å². The Morgan fingerprint density at radius 3 is 2.73 bits per heavy atom. The van der Waals surface area contributed by atoms with Crippen molar-refractivity contribution in [3.8, 4) is 0 Å². The van der Waals surface area contributed by atoms with Crippen molar-refractivity contribution in [3.63, 3.8) is 0 Å². The van der Waals surface area contributed by atoms with Gasteiger partial charge in [0.1, 0.15) is 10.7 Å². The summed E-state index contributed by atoms with van der Waals surface area (Å²) in [6, 6.07) is 0. The molecule has 2 aromatic rings. The Morgan fingerprint density at radius 1 is 1.32 bits per heavy atom. The van der Waals surface area contributed by atoms with E-state index >= 15 is 0 Å². The number of carbonyl (C=O) groups is 3. The number of fused-ring (bicyclic) bond motifs is 1. The van der Waals surface area contributed by atoms with E-state index in [9.17, 15) is 14.4 Å². The molecule has 0 aromatic carbocycles. The molecule has 0 aliphatic carbocycles. The van der Waals surface area contributed by atoms with Gasteiger partial charge >= 0.3 is 0 Å². The Kier molecular flexibility index (Phi) is 3.87. The molecule has 10 heteroatoms. The summed E-state index contributed by atoms with van der Waals surface area (Å²) in [4.78, 5) is 37.5. The summed E-state index contributed by atoms with van der Waals surface area (Å²) in [5.41, 5.74) is 0.781. The van der Waals surface area contributed by atoms with E-state index < -0.39 is 0 Å². The highest BCUT2D eigenvalue weighted by atomic mass is 32.2. The quantitative estimate of drug-likeness (QED) is 0.886. The first-order valence-electron chi connectivity index (χ1n) is 6.55. The number of rotatable bonds is 4. The number of nitrogens with zero attached hydrogens (tertiary/aromatic N) is 4. The molecular formula is C12H13N5O3S2. The molecule has 1 saturated heterocycles. The Labute approximate surface area is 133 Å². The van der Waals surface area contributed by atoms with Crippen molar-refractivity contribution in [2.75, 3.05) is 18.8 Å². The minimum Gasteiger partial charge on any atom is -0.349 e. The molecule has 3 rings (SSSR count). The maximum absolute atomic E-state index is 12.2. The summed E-state index contributed by atoms with van der Waals surface area (Å²) in [6.45, 7) is 4.08. The van der Waals surface area contributed by atoms with Crippen LogP contribution >= 0.6 is 23.1 Å². The van der Waals surface area contributed by atoms with E-state index in [2.05, 4.69) is 15.5 Å². The molecular weight excluding hydrogens is 326 g/mol. The molecule has 3 amide bonds. The lowest BCUT2D eigenvalue weighted by Crippen LogP contribution is -2.37. The lowest BCUT2D eigenvalue weighted by Gasteiger charge is -2.12. The van der Waals surface area contributed by atoms with E-state index in [1.165, 1.54) is 11.3 Å². The Morgan fingerprint density at radius 2 is 2.09 bits per heavy atom. The van der Waals surface area contributed by atoms with E-state index in [1.54, 1.807) is 0 Å². The molecule has 1 aliphatic rings. The molecule has 0 unspecified atom stereocenters. The molecule has 1 fully saturated rings. The van der Waals surface area contributed by atoms with Crippen molar-refractivity contribution < 1.29 is 14.4 Å². The van der Waals surface area contributed by atoms with Gasteiger partial charge in [-0.3, -0.25) is 23.7 Å². The van der Waals surface area contributed by atoms with Crippen LogP contribution in [0.5, 0.6) is 0 Å². The number of carbonyl (C=O) groups excluding carboxylic acids is 3. The molecule has 0 bridgehead atoms. The van der Waals surface area contributed by atoms with Crippen LogP contribution < -0.4 is 5.32 Å². The smallest absolute Gasteiger partial charge is 0.288 e. The average Bonchev–Trinajstić information content (AvgIpc) is 3.11. The predicted octanol–water partition coefficient (Wildman–Crippen LogP) is 0.833. The zero-order valence-electron chi connectivity index (χ0n) is 12.0. The highest BCUT2D eigenvalue weighted by Crippen LogP contribution is 2.22. The number of imide groups is 1. The zero-order valence-corrected chi connectivity index (χ0v) is 13.6. The number of aromatic nitrogens is 3. The van der Waals surface area contributed by atoms with E-state index in [4.69, 9.17) is 0 Å². The maximum atomic E-state index is 12.2. The van der Waals surface area contributed by atoms with Crippen molar-refractivity contribution >= 4 is 45.1 Å². The van der Waals surface area contributed by atoms with E-state index in [0.29, 0.717) is 9.84 Å². The average molecular weight is 339 g/mol. The van der Waals surface area contributed by atoms with Gasteiger partial charge in [0.2, 0.25) is 10.9 Å². The lowest BCUT2D eigenvalue weighted by molar-refractivity contribution is -0.124. The number of aryl methyl sites for hydroxylation is 2. The molecule has 0 atom stereocenters. The third-order valence-corrected chi connectivity index (χ3v) is 5.31. The summed E-state index contributed by atoms with van der Waals surface area (Å²) in [6.07, 6.45) is 0. The van der Waals surface area contributed by atoms with Crippen LogP contribution in [0.4, 0.5) is 4.79 Å². The largest absolute Gasteiger partial charge is 0.349 e. The van der Waals surface area contributed by atoms with Crippen LogP contribution in [0.2, 0.25) is 0 Å². The topological polar surface area (TPSA) is 96.7 Å². The fourth-order valence-corrected chi connectivity index (χ4v) is 4.01. The van der Waals surface area contributed by atoms with Gasteiger partial charge in [0.15, 0.2) is 0 Å². The molecule has 116 valence electrons. The van der Waals surface area contributed by atoms with Crippen molar-refractivity contribution in [2.45, 2.75) is 13.8 Å². The molecule has 1 N–H and O–H groups in total. The molecule has 8 nitrogen and oxygen atoms in total. The van der Waals surface area contributed by atoms with Crippen LogP contribution in [0.3, 0.4) is 0 Å². The SMILES string of the molecule is Cc1nnc2sc(C(=O)NCCN3C(=O)CSC3=O)c(C)n12. The molecule has 0 radical (unpaired) electrons. The Balaban J connectivity index is 1.65. The number of thioether (sulfide) groups is 1. The normalized spacial score (nSPS) is 15.1. The summed E-state index contributed by atoms with van der Waals surface area (Å²) in [5.74, 6) is 0.462. The monoisotopic (exact) mass is 339 g/mol. The third kappa shape index (κ3) is 2.48. The zero-order chi connectivity index (χ0) is 15.9. The van der Waals surface area contributed by atoms with Crippen LogP contribution in [0, 0.1) is 13.8 Å². The second kappa shape index (κ2) is 5.69. The van der Waals surface area contributed by atoms with Gasteiger partial charge in [0.05, 0.1) is 5.75 Å². The number of hydrogen-bond acceptors (Lipinski definition) is 7. The maximum Gasteiger partial charge on any atom is 0.288 e. The van der Waals surface area contributed by atoms with Crippen molar-refractivity contribution in [1.82, 2.24) is 24.8 Å². The number of nitrogens with one attached hydrogen (secondary N) is 1. The van der Waals surface area contributed by atoms with Gasteiger partial charge in [-0.05, 0) is 13.8 Å². The number of hydrogen-bond donors (Lipinski definition) is 1. The minimum atomic E-state index is -0.258. The van der Waals surface area contributed by atoms with Gasteiger partial charge in [-0.1, -0.05) is 23.1 Å². The van der Waals surface area contributed by atoms with Crippen molar-refractivity contribution in [2.24, 2.45) is 0 Å². The van der Waals surface area contributed by atoms with E-state index in [1.807, 2.05) is 18.2 Å². The van der Waals surface area contributed by atoms with Crippen LogP contribution in [0.15, 0.2) is 0 Å². The van der Waals surface area contributed by atoms with Crippen LogP contribution in [-0.4, -0.2) is 55.4 Å². The van der Waals surface area contributed by atoms with Gasteiger partial charge in [-0.25, -0.2) is 0 Å². The fourth-order valence-electron chi connectivity index (χ4n) is 2.23. The van der Waals surface area contributed by atoms with Crippen LogP contribution in [-0.2, 0) is 4.79 Å². The lowest BCUT2D eigenvalue weighted by atomic mass is 10.3. The second-order valence-electron chi connectivity index (χ2n) is 4.74. The molecule has 2 aromatic heterocycles. The molecule has 3 heterocycles. The minimum absolute atomic E-state index is 0.181.